The van der Waals surface area contributed by atoms with Gasteiger partial charge in [-0.05, 0) is 65.8 Å². The standard InChI is InChI=1S/C16H15IO2S/c1-11-2-8-14(9-3-11)20-15(16(18)19)10-12-4-6-13(17)7-5-12/h2-9,15H,10H2,1H3,(H,18,19)/t15-/m1/s1. The highest BCUT2D eigenvalue weighted by molar-refractivity contribution is 14.1. The Balaban J connectivity index is 2.09. The summed E-state index contributed by atoms with van der Waals surface area (Å²) in [5, 5.41) is 8.92. The van der Waals surface area contributed by atoms with Crippen LogP contribution in [0.25, 0.3) is 0 Å². The van der Waals surface area contributed by atoms with E-state index in [-0.39, 0.29) is 0 Å². The van der Waals surface area contributed by atoms with Crippen LogP contribution in [0.1, 0.15) is 11.1 Å². The van der Waals surface area contributed by atoms with Crippen LogP contribution in [0.15, 0.2) is 53.4 Å². The van der Waals surface area contributed by atoms with E-state index in [1.54, 1.807) is 0 Å². The highest BCUT2D eigenvalue weighted by Gasteiger charge is 2.19. The zero-order valence-corrected chi connectivity index (χ0v) is 14.0. The Morgan fingerprint density at radius 2 is 1.75 bits per heavy atom. The zero-order valence-electron chi connectivity index (χ0n) is 11.0. The van der Waals surface area contributed by atoms with Crippen molar-refractivity contribution in [3.63, 3.8) is 0 Å². The molecule has 1 atom stereocenters. The fourth-order valence-corrected chi connectivity index (χ4v) is 3.15. The first kappa shape index (κ1) is 15.4. The summed E-state index contributed by atoms with van der Waals surface area (Å²) in [5.74, 6) is -0.769. The van der Waals surface area contributed by atoms with Crippen molar-refractivity contribution in [1.82, 2.24) is 0 Å². The van der Waals surface area contributed by atoms with Gasteiger partial charge in [0.1, 0.15) is 5.25 Å². The molecule has 20 heavy (non-hydrogen) atoms. The number of aliphatic carboxylic acids is 1. The molecule has 2 rings (SSSR count). The maximum Gasteiger partial charge on any atom is 0.317 e. The first-order chi connectivity index (χ1) is 9.54. The van der Waals surface area contributed by atoms with E-state index in [0.717, 1.165) is 14.0 Å². The average Bonchev–Trinajstić information content (AvgIpc) is 2.42. The zero-order chi connectivity index (χ0) is 14.5. The van der Waals surface area contributed by atoms with Crippen molar-refractivity contribution in [2.24, 2.45) is 0 Å². The van der Waals surface area contributed by atoms with Crippen molar-refractivity contribution in [3.05, 3.63) is 63.2 Å². The molecule has 4 heteroatoms. The monoisotopic (exact) mass is 398 g/mol. The molecule has 0 heterocycles. The molecule has 2 aromatic rings. The second-order valence-corrected chi connectivity index (χ2v) is 7.11. The van der Waals surface area contributed by atoms with Crippen LogP contribution in [0.4, 0.5) is 0 Å². The fourth-order valence-electron chi connectivity index (χ4n) is 1.80. The first-order valence-corrected chi connectivity index (χ1v) is 8.21. The van der Waals surface area contributed by atoms with Crippen molar-refractivity contribution in [2.45, 2.75) is 23.5 Å². The topological polar surface area (TPSA) is 37.3 Å². The van der Waals surface area contributed by atoms with E-state index in [1.165, 1.54) is 17.3 Å². The molecular weight excluding hydrogens is 383 g/mol. The van der Waals surface area contributed by atoms with Crippen LogP contribution in [0, 0.1) is 10.5 Å². The minimum Gasteiger partial charge on any atom is -0.480 e. The minimum atomic E-state index is -0.769. The number of hydrogen-bond acceptors (Lipinski definition) is 2. The van der Waals surface area contributed by atoms with Gasteiger partial charge in [-0.3, -0.25) is 4.79 Å². The van der Waals surface area contributed by atoms with E-state index in [1.807, 2.05) is 55.5 Å². The molecule has 104 valence electrons. The molecule has 0 aliphatic rings. The van der Waals surface area contributed by atoms with Crippen molar-refractivity contribution >= 4 is 40.3 Å². The Morgan fingerprint density at radius 1 is 1.15 bits per heavy atom. The van der Waals surface area contributed by atoms with Crippen LogP contribution >= 0.6 is 34.4 Å². The lowest BCUT2D eigenvalue weighted by Crippen LogP contribution is -2.19. The van der Waals surface area contributed by atoms with Gasteiger partial charge in [0.05, 0.1) is 0 Å². The molecule has 0 unspecified atom stereocenters. The maximum atomic E-state index is 11.4. The van der Waals surface area contributed by atoms with Gasteiger partial charge in [-0.15, -0.1) is 11.8 Å². The van der Waals surface area contributed by atoms with Crippen molar-refractivity contribution in [3.8, 4) is 0 Å². The molecular formula is C16H15IO2S. The van der Waals surface area contributed by atoms with Crippen molar-refractivity contribution in [1.29, 1.82) is 0 Å². The van der Waals surface area contributed by atoms with Gasteiger partial charge in [0.15, 0.2) is 0 Å². The third kappa shape index (κ3) is 4.52. The maximum absolute atomic E-state index is 11.4. The Morgan fingerprint density at radius 3 is 2.30 bits per heavy atom. The lowest BCUT2D eigenvalue weighted by Gasteiger charge is -2.12. The van der Waals surface area contributed by atoms with Crippen molar-refractivity contribution < 1.29 is 9.90 Å². The number of hydrogen-bond donors (Lipinski definition) is 1. The molecule has 0 aromatic heterocycles. The van der Waals surface area contributed by atoms with Gasteiger partial charge in [-0.2, -0.15) is 0 Å². The third-order valence-corrected chi connectivity index (χ3v) is 4.83. The summed E-state index contributed by atoms with van der Waals surface area (Å²) >= 11 is 3.65. The number of carbonyl (C=O) groups is 1. The van der Waals surface area contributed by atoms with Gasteiger partial charge in [0.25, 0.3) is 0 Å². The summed E-state index contributed by atoms with van der Waals surface area (Å²) in [5.41, 5.74) is 2.23. The molecule has 0 radical (unpaired) electrons. The van der Waals surface area contributed by atoms with E-state index in [4.69, 9.17) is 0 Å². The highest BCUT2D eigenvalue weighted by atomic mass is 127. The van der Waals surface area contributed by atoms with E-state index in [2.05, 4.69) is 22.6 Å². The number of carboxylic acids is 1. The second kappa shape index (κ2) is 7.13. The van der Waals surface area contributed by atoms with E-state index < -0.39 is 11.2 Å². The smallest absolute Gasteiger partial charge is 0.317 e. The molecule has 0 saturated carbocycles. The number of carboxylic acid groups (broad SMARTS) is 1. The van der Waals surface area contributed by atoms with E-state index in [9.17, 15) is 9.90 Å². The molecule has 0 aliphatic carbocycles. The highest BCUT2D eigenvalue weighted by Crippen LogP contribution is 2.26. The predicted molar refractivity (Wildman–Crippen MR) is 91.3 cm³/mol. The Labute approximate surface area is 136 Å². The molecule has 0 spiro atoms. The van der Waals surface area contributed by atoms with E-state index >= 15 is 0 Å². The van der Waals surface area contributed by atoms with Crippen LogP contribution in [-0.4, -0.2) is 16.3 Å². The summed E-state index contributed by atoms with van der Waals surface area (Å²) in [6, 6.07) is 16.0. The number of halogens is 1. The van der Waals surface area contributed by atoms with Gasteiger partial charge >= 0.3 is 5.97 Å². The van der Waals surface area contributed by atoms with Gasteiger partial charge in [0.2, 0.25) is 0 Å². The Hall–Kier alpha value is -1.01. The summed E-state index contributed by atoms with van der Waals surface area (Å²) in [4.78, 5) is 12.4. The fraction of sp³-hybridized carbons (Fsp3) is 0.188. The second-order valence-electron chi connectivity index (χ2n) is 4.59. The lowest BCUT2D eigenvalue weighted by atomic mass is 10.1. The van der Waals surface area contributed by atoms with Gasteiger partial charge < -0.3 is 5.11 Å². The summed E-state index contributed by atoms with van der Waals surface area (Å²) in [7, 11) is 0. The molecule has 2 aromatic carbocycles. The molecule has 0 fully saturated rings. The van der Waals surface area contributed by atoms with Gasteiger partial charge in [0, 0.05) is 8.47 Å². The largest absolute Gasteiger partial charge is 0.480 e. The molecule has 2 nitrogen and oxygen atoms in total. The van der Waals surface area contributed by atoms with E-state index in [0.29, 0.717) is 6.42 Å². The Bertz CT molecular complexity index is 531. The molecule has 0 bridgehead atoms. The van der Waals surface area contributed by atoms with Crippen LogP contribution < -0.4 is 0 Å². The lowest BCUT2D eigenvalue weighted by molar-refractivity contribution is -0.136. The van der Waals surface area contributed by atoms with Gasteiger partial charge in [-0.25, -0.2) is 0 Å². The summed E-state index contributed by atoms with van der Waals surface area (Å²) < 4.78 is 1.16. The van der Waals surface area contributed by atoms with Crippen molar-refractivity contribution in [2.75, 3.05) is 0 Å². The normalized spacial score (nSPS) is 12.1. The average molecular weight is 398 g/mol. The predicted octanol–water partition coefficient (Wildman–Crippen LogP) is 4.39. The summed E-state index contributed by atoms with van der Waals surface area (Å²) in [6.45, 7) is 2.02. The molecule has 1 N–H and O–H groups in total. The molecule has 0 amide bonds. The van der Waals surface area contributed by atoms with Crippen LogP contribution in [0.5, 0.6) is 0 Å². The minimum absolute atomic E-state index is 0.460. The number of thioether (sulfide) groups is 1. The quantitative estimate of drug-likeness (QED) is 0.600. The van der Waals surface area contributed by atoms with Gasteiger partial charge in [-0.1, -0.05) is 29.8 Å². The summed E-state index contributed by atoms with van der Waals surface area (Å²) in [6.07, 6.45) is 0.533. The SMILES string of the molecule is Cc1ccc(S[C@H](Cc2ccc(I)cc2)C(=O)O)cc1. The first-order valence-electron chi connectivity index (χ1n) is 6.25. The number of aryl methyl sites for hydroxylation is 1. The van der Waals surface area contributed by atoms with Crippen LogP contribution in [-0.2, 0) is 11.2 Å². The Kier molecular flexibility index (Phi) is 5.48. The van der Waals surface area contributed by atoms with Crippen LogP contribution in [0.3, 0.4) is 0 Å². The molecule has 0 aliphatic heterocycles. The van der Waals surface area contributed by atoms with Crippen LogP contribution in [0.2, 0.25) is 0 Å². The molecule has 0 saturated heterocycles. The number of rotatable bonds is 5. The third-order valence-electron chi connectivity index (χ3n) is 2.91. The number of benzene rings is 2.